The smallest absolute Gasteiger partial charge is 0.296 e. The van der Waals surface area contributed by atoms with Gasteiger partial charge in [-0.15, -0.1) is 0 Å². The number of carbonyl (C=O) groups is 2. The van der Waals surface area contributed by atoms with E-state index in [0.29, 0.717) is 27.8 Å². The Bertz CT molecular complexity index is 1220. The summed E-state index contributed by atoms with van der Waals surface area (Å²) in [6.45, 7) is 2.33. The van der Waals surface area contributed by atoms with Crippen LogP contribution in [-0.4, -0.2) is 51.3 Å². The van der Waals surface area contributed by atoms with E-state index < -0.39 is 32.6 Å². The number of anilines is 1. The van der Waals surface area contributed by atoms with Gasteiger partial charge >= 0.3 is 0 Å². The Kier molecular flexibility index (Phi) is 8.78. The molecule has 2 aromatic carbocycles. The zero-order valence-corrected chi connectivity index (χ0v) is 20.4. The van der Waals surface area contributed by atoms with Crippen molar-refractivity contribution >= 4 is 56.3 Å². The van der Waals surface area contributed by atoms with Crippen molar-refractivity contribution in [2.75, 3.05) is 26.1 Å². The van der Waals surface area contributed by atoms with Crippen LogP contribution in [0.1, 0.15) is 12.5 Å². The van der Waals surface area contributed by atoms with Gasteiger partial charge in [0.15, 0.2) is 17.6 Å². The zero-order valence-electron chi connectivity index (χ0n) is 18.0. The lowest BCUT2D eigenvalue weighted by Gasteiger charge is -2.14. The van der Waals surface area contributed by atoms with Crippen LogP contribution in [0, 0.1) is 6.92 Å². The van der Waals surface area contributed by atoms with Gasteiger partial charge < -0.3 is 14.8 Å². The number of rotatable bonds is 10. The van der Waals surface area contributed by atoms with E-state index in [-0.39, 0.29) is 17.3 Å². The first-order valence-electron chi connectivity index (χ1n) is 9.26. The summed E-state index contributed by atoms with van der Waals surface area (Å²) in [7, 11) is -1.82. The molecule has 0 aliphatic rings. The highest BCUT2D eigenvalue weighted by Crippen LogP contribution is 2.36. The van der Waals surface area contributed by atoms with E-state index in [4.69, 9.17) is 32.7 Å². The number of azo groups is 1. The molecule has 1 atom stereocenters. The van der Waals surface area contributed by atoms with E-state index in [9.17, 15) is 22.6 Å². The van der Waals surface area contributed by atoms with Crippen molar-refractivity contribution in [1.29, 1.82) is 0 Å². The molecule has 0 aliphatic carbocycles. The number of nitrogens with one attached hydrogen (secondary N) is 1. The molecule has 33 heavy (non-hydrogen) atoms. The number of benzene rings is 2. The maximum atomic E-state index is 12.7. The number of Topliss-reactive ketones (excluding diaryl/α,β-unsaturated/α-hetero) is 2. The van der Waals surface area contributed by atoms with Crippen LogP contribution in [0.2, 0.25) is 10.0 Å². The molecule has 0 saturated carbocycles. The number of carbonyl (C=O) groups excluding carboxylic acids is 2. The molecule has 0 aliphatic heterocycles. The topological polar surface area (TPSA) is 144 Å². The lowest BCUT2D eigenvalue weighted by Crippen LogP contribution is -2.31. The maximum Gasteiger partial charge on any atom is 0.296 e. The minimum atomic E-state index is -4.66. The second-order valence-electron chi connectivity index (χ2n) is 6.78. The number of ketones is 2. The van der Waals surface area contributed by atoms with Crippen molar-refractivity contribution in [1.82, 2.24) is 0 Å². The van der Waals surface area contributed by atoms with Crippen molar-refractivity contribution < 1.29 is 32.0 Å². The summed E-state index contributed by atoms with van der Waals surface area (Å²) in [5, 5.41) is 10.7. The number of ether oxygens (including phenoxy) is 2. The predicted octanol–water partition coefficient (Wildman–Crippen LogP) is 4.29. The summed E-state index contributed by atoms with van der Waals surface area (Å²) in [6.07, 6.45) is 0. The number of aryl methyl sites for hydroxylation is 1. The first-order chi connectivity index (χ1) is 15.4. The molecule has 2 aromatic rings. The summed E-state index contributed by atoms with van der Waals surface area (Å²) in [5.41, 5.74) is 0.438. The second kappa shape index (κ2) is 10.9. The van der Waals surface area contributed by atoms with Crippen LogP contribution < -0.4 is 14.8 Å². The summed E-state index contributed by atoms with van der Waals surface area (Å²) < 4.78 is 43.1. The molecule has 0 saturated heterocycles. The highest BCUT2D eigenvalue weighted by molar-refractivity contribution is 7.86. The quantitative estimate of drug-likeness (QED) is 0.269. The van der Waals surface area contributed by atoms with Crippen LogP contribution >= 0.6 is 23.2 Å². The Morgan fingerprint density at radius 3 is 2.27 bits per heavy atom. The van der Waals surface area contributed by atoms with Crippen LogP contribution in [0.4, 0.5) is 11.4 Å². The van der Waals surface area contributed by atoms with Crippen molar-refractivity contribution in [2.24, 2.45) is 10.2 Å². The molecule has 0 bridgehead atoms. The molecule has 0 aromatic heterocycles. The highest BCUT2D eigenvalue weighted by atomic mass is 35.5. The first kappa shape index (κ1) is 26.5. The van der Waals surface area contributed by atoms with Gasteiger partial charge in [-0.25, -0.2) is 0 Å². The molecule has 10 nitrogen and oxygen atoms in total. The third kappa shape index (κ3) is 6.64. The third-order valence-electron chi connectivity index (χ3n) is 4.42. The van der Waals surface area contributed by atoms with E-state index in [1.54, 1.807) is 0 Å². The molecule has 0 heterocycles. The van der Waals surface area contributed by atoms with Crippen molar-refractivity contribution in [3.63, 3.8) is 0 Å². The van der Waals surface area contributed by atoms with Crippen molar-refractivity contribution in [3.8, 4) is 11.5 Å². The molecule has 13 heteroatoms. The zero-order chi connectivity index (χ0) is 24.9. The van der Waals surface area contributed by atoms with Gasteiger partial charge in [0.2, 0.25) is 0 Å². The maximum absolute atomic E-state index is 12.7. The van der Waals surface area contributed by atoms with Gasteiger partial charge in [0, 0.05) is 17.2 Å². The van der Waals surface area contributed by atoms with Gasteiger partial charge in [0.05, 0.1) is 31.5 Å². The van der Waals surface area contributed by atoms with Gasteiger partial charge in [0.25, 0.3) is 10.1 Å². The minimum absolute atomic E-state index is 0.160. The molecule has 0 amide bonds. The highest BCUT2D eigenvalue weighted by Gasteiger charge is 2.24. The Labute approximate surface area is 200 Å². The standard InChI is InChI=1S/C20H21Cl2N3O7S/c1-10-5-19(33(28,29)30)15(6-12(10)21)24-25-20(11(2)26)16(27)9-23-14-8-17(31-3)13(22)7-18(14)32-4/h5-8,20,23H,9H2,1-4H3,(H,28,29,30)/b25-24+. The summed E-state index contributed by atoms with van der Waals surface area (Å²) in [5.74, 6) is -0.613. The molecule has 2 rings (SSSR count). The molecule has 2 N–H and O–H groups in total. The van der Waals surface area contributed by atoms with Crippen LogP contribution in [0.25, 0.3) is 0 Å². The first-order valence-corrected chi connectivity index (χ1v) is 11.5. The van der Waals surface area contributed by atoms with E-state index in [1.807, 2.05) is 0 Å². The fourth-order valence-electron chi connectivity index (χ4n) is 2.70. The summed E-state index contributed by atoms with van der Waals surface area (Å²) >= 11 is 12.1. The number of hydrogen-bond acceptors (Lipinski definition) is 9. The molecular weight excluding hydrogens is 497 g/mol. The number of halogens is 2. The molecular formula is C20H21Cl2N3O7S. The number of hydrogen-bond donors (Lipinski definition) is 2. The molecule has 0 fully saturated rings. The average molecular weight is 518 g/mol. The number of methoxy groups -OCH3 is 2. The molecule has 0 spiro atoms. The van der Waals surface area contributed by atoms with E-state index in [1.165, 1.54) is 33.3 Å². The van der Waals surface area contributed by atoms with E-state index >= 15 is 0 Å². The Hall–Kier alpha value is -2.73. The molecule has 0 radical (unpaired) electrons. The molecule has 1 unspecified atom stereocenters. The van der Waals surface area contributed by atoms with Gasteiger partial charge in [-0.2, -0.15) is 18.6 Å². The van der Waals surface area contributed by atoms with E-state index in [0.717, 1.165) is 19.1 Å². The second-order valence-corrected chi connectivity index (χ2v) is 8.98. The van der Waals surface area contributed by atoms with Crippen LogP contribution in [0.3, 0.4) is 0 Å². The van der Waals surface area contributed by atoms with E-state index in [2.05, 4.69) is 15.5 Å². The normalized spacial score (nSPS) is 12.5. The average Bonchev–Trinajstić information content (AvgIpc) is 2.73. The van der Waals surface area contributed by atoms with Crippen LogP contribution in [0.5, 0.6) is 11.5 Å². The van der Waals surface area contributed by atoms with Gasteiger partial charge in [-0.3, -0.25) is 14.1 Å². The SMILES string of the molecule is COc1cc(NCC(=O)C(/N=N/c2cc(Cl)c(C)cc2S(=O)(=O)O)C(C)=O)c(OC)cc1Cl. The number of nitrogens with zero attached hydrogens (tertiary/aromatic N) is 2. The minimum Gasteiger partial charge on any atom is -0.495 e. The largest absolute Gasteiger partial charge is 0.495 e. The van der Waals surface area contributed by atoms with Crippen LogP contribution in [-0.2, 0) is 19.7 Å². The molecule has 178 valence electrons. The predicted molar refractivity (Wildman–Crippen MR) is 123 cm³/mol. The van der Waals surface area contributed by atoms with Gasteiger partial charge in [-0.1, -0.05) is 23.2 Å². The Balaban J connectivity index is 2.31. The third-order valence-corrected chi connectivity index (χ3v) is 6.00. The summed E-state index contributed by atoms with van der Waals surface area (Å²) in [6, 6.07) is 3.75. The Morgan fingerprint density at radius 1 is 1.09 bits per heavy atom. The lowest BCUT2D eigenvalue weighted by atomic mass is 10.1. The summed E-state index contributed by atoms with van der Waals surface area (Å²) in [4.78, 5) is 24.1. The van der Waals surface area contributed by atoms with Crippen molar-refractivity contribution in [3.05, 3.63) is 39.9 Å². The van der Waals surface area contributed by atoms with Gasteiger partial charge in [0.1, 0.15) is 22.1 Å². The van der Waals surface area contributed by atoms with Crippen molar-refractivity contribution in [2.45, 2.75) is 24.8 Å². The monoisotopic (exact) mass is 517 g/mol. The van der Waals surface area contributed by atoms with Crippen LogP contribution in [0.15, 0.2) is 39.4 Å². The van der Waals surface area contributed by atoms with Gasteiger partial charge in [-0.05, 0) is 31.5 Å². The fourth-order valence-corrected chi connectivity index (χ4v) is 3.78. The lowest BCUT2D eigenvalue weighted by molar-refractivity contribution is -0.126. The Morgan fingerprint density at radius 2 is 1.73 bits per heavy atom. The fraction of sp³-hybridized carbons (Fsp3) is 0.300.